The van der Waals surface area contributed by atoms with E-state index >= 15 is 0 Å². The Bertz CT molecular complexity index is 469. The summed E-state index contributed by atoms with van der Waals surface area (Å²) < 4.78 is 0. The first-order valence-electron chi connectivity index (χ1n) is 6.67. The second kappa shape index (κ2) is 7.25. The first kappa shape index (κ1) is 17.2. The largest absolute Gasteiger partial charge is 0.337 e. The first-order chi connectivity index (χ1) is 8.74. The van der Waals surface area contributed by atoms with Crippen molar-refractivity contribution in [1.29, 1.82) is 0 Å². The molecule has 112 valence electrons. The molecule has 2 unspecified atom stereocenters. The van der Waals surface area contributed by atoms with Crippen LogP contribution in [0.25, 0.3) is 0 Å². The Morgan fingerprint density at radius 2 is 2.05 bits per heavy atom. The number of aryl methyl sites for hydroxylation is 1. The average Bonchev–Trinajstić information content (AvgIpc) is 2.85. The van der Waals surface area contributed by atoms with Crippen molar-refractivity contribution in [2.75, 3.05) is 26.2 Å². The van der Waals surface area contributed by atoms with Gasteiger partial charge in [-0.15, -0.1) is 24.8 Å². The highest BCUT2D eigenvalue weighted by Crippen LogP contribution is 2.27. The number of nitrogens with zero attached hydrogens (tertiary/aromatic N) is 2. The van der Waals surface area contributed by atoms with Crippen LogP contribution >= 0.6 is 24.8 Å². The van der Waals surface area contributed by atoms with E-state index in [1.807, 2.05) is 30.0 Å². The van der Waals surface area contributed by atoms with Crippen molar-refractivity contribution in [1.82, 2.24) is 15.2 Å². The van der Waals surface area contributed by atoms with Crippen LogP contribution in [0.2, 0.25) is 0 Å². The van der Waals surface area contributed by atoms with Gasteiger partial charge in [0, 0.05) is 18.8 Å². The van der Waals surface area contributed by atoms with E-state index in [1.165, 1.54) is 0 Å². The van der Waals surface area contributed by atoms with E-state index in [9.17, 15) is 4.79 Å². The van der Waals surface area contributed by atoms with Crippen LogP contribution in [0.5, 0.6) is 0 Å². The van der Waals surface area contributed by atoms with Crippen molar-refractivity contribution in [2.45, 2.75) is 13.3 Å². The molecule has 6 heteroatoms. The molecule has 0 bridgehead atoms. The second-order valence-corrected chi connectivity index (χ2v) is 5.38. The summed E-state index contributed by atoms with van der Waals surface area (Å²) in [7, 11) is 0. The van der Waals surface area contributed by atoms with Gasteiger partial charge in [-0.3, -0.25) is 4.79 Å². The third kappa shape index (κ3) is 3.43. The minimum atomic E-state index is 0. The lowest BCUT2D eigenvalue weighted by atomic mass is 9.88. The number of likely N-dealkylation sites (tertiary alicyclic amines) is 1. The lowest BCUT2D eigenvalue weighted by molar-refractivity contribution is 0.0636. The number of piperidine rings is 1. The van der Waals surface area contributed by atoms with E-state index in [0.717, 1.165) is 44.2 Å². The summed E-state index contributed by atoms with van der Waals surface area (Å²) in [6, 6.07) is 5.64. The molecule has 2 atom stereocenters. The summed E-state index contributed by atoms with van der Waals surface area (Å²) in [5, 5.41) is 3.42. The normalized spacial score (nSPS) is 24.4. The molecule has 1 aromatic heterocycles. The van der Waals surface area contributed by atoms with Crippen LogP contribution in [0, 0.1) is 18.8 Å². The SMILES string of the molecule is Cc1cccc(C(=O)N2CCC3CNCC3C2)n1.Cl.Cl. The smallest absolute Gasteiger partial charge is 0.272 e. The number of amides is 1. The Kier molecular flexibility index (Phi) is 6.24. The molecule has 3 heterocycles. The monoisotopic (exact) mass is 317 g/mol. The molecule has 0 aromatic carbocycles. The Balaban J connectivity index is 0.000001000. The molecule has 0 aliphatic carbocycles. The minimum Gasteiger partial charge on any atom is -0.337 e. The average molecular weight is 318 g/mol. The molecule has 2 aliphatic heterocycles. The molecule has 3 rings (SSSR count). The molecule has 0 spiro atoms. The van der Waals surface area contributed by atoms with Crippen molar-refractivity contribution >= 4 is 30.7 Å². The summed E-state index contributed by atoms with van der Waals surface area (Å²) >= 11 is 0. The maximum Gasteiger partial charge on any atom is 0.272 e. The number of rotatable bonds is 1. The summed E-state index contributed by atoms with van der Waals surface area (Å²) in [4.78, 5) is 18.7. The highest BCUT2D eigenvalue weighted by atomic mass is 35.5. The van der Waals surface area contributed by atoms with Gasteiger partial charge in [0.2, 0.25) is 0 Å². The van der Waals surface area contributed by atoms with Crippen molar-refractivity contribution in [3.05, 3.63) is 29.6 Å². The minimum absolute atomic E-state index is 0. The molecule has 2 aliphatic rings. The molecule has 20 heavy (non-hydrogen) atoms. The molecule has 1 aromatic rings. The van der Waals surface area contributed by atoms with Gasteiger partial charge in [0.05, 0.1) is 0 Å². The maximum absolute atomic E-state index is 12.4. The van der Waals surface area contributed by atoms with Crippen LogP contribution in [0.15, 0.2) is 18.2 Å². The Morgan fingerprint density at radius 1 is 1.30 bits per heavy atom. The van der Waals surface area contributed by atoms with Gasteiger partial charge < -0.3 is 10.2 Å². The van der Waals surface area contributed by atoms with Crippen molar-refractivity contribution < 1.29 is 4.79 Å². The predicted octanol–water partition coefficient (Wildman–Crippen LogP) is 1.92. The lowest BCUT2D eigenvalue weighted by Gasteiger charge is -2.34. The number of aromatic nitrogens is 1. The fourth-order valence-corrected chi connectivity index (χ4v) is 3.04. The molecule has 0 radical (unpaired) electrons. The summed E-state index contributed by atoms with van der Waals surface area (Å²) in [5.41, 5.74) is 1.48. The van der Waals surface area contributed by atoms with E-state index in [4.69, 9.17) is 0 Å². The molecule has 1 amide bonds. The van der Waals surface area contributed by atoms with Gasteiger partial charge in [-0.05, 0) is 50.4 Å². The molecule has 0 saturated carbocycles. The summed E-state index contributed by atoms with van der Waals surface area (Å²) in [6.07, 6.45) is 1.12. The van der Waals surface area contributed by atoms with E-state index in [0.29, 0.717) is 11.6 Å². The van der Waals surface area contributed by atoms with E-state index in [2.05, 4.69) is 10.3 Å². The van der Waals surface area contributed by atoms with Gasteiger partial charge in [0.25, 0.3) is 5.91 Å². The zero-order chi connectivity index (χ0) is 12.5. The summed E-state index contributed by atoms with van der Waals surface area (Å²) in [6.45, 7) is 5.85. The molecular formula is C14H21Cl2N3O. The third-order valence-corrected chi connectivity index (χ3v) is 4.10. The van der Waals surface area contributed by atoms with Crippen LogP contribution < -0.4 is 5.32 Å². The second-order valence-electron chi connectivity index (χ2n) is 5.38. The number of hydrogen-bond acceptors (Lipinski definition) is 3. The number of carbonyl (C=O) groups excluding carboxylic acids is 1. The predicted molar refractivity (Wildman–Crippen MR) is 83.8 cm³/mol. The van der Waals surface area contributed by atoms with Crippen molar-refractivity contribution in [2.24, 2.45) is 11.8 Å². The van der Waals surface area contributed by atoms with Crippen LogP contribution in [0.4, 0.5) is 0 Å². The zero-order valence-corrected chi connectivity index (χ0v) is 13.2. The number of fused-ring (bicyclic) bond motifs is 1. The van der Waals surface area contributed by atoms with Gasteiger partial charge in [0.1, 0.15) is 5.69 Å². The Morgan fingerprint density at radius 3 is 2.80 bits per heavy atom. The number of nitrogens with one attached hydrogen (secondary N) is 1. The number of pyridine rings is 1. The van der Waals surface area contributed by atoms with Crippen LogP contribution in [-0.4, -0.2) is 42.0 Å². The van der Waals surface area contributed by atoms with Crippen molar-refractivity contribution in [3.8, 4) is 0 Å². The Labute approximate surface area is 132 Å². The quantitative estimate of drug-likeness (QED) is 0.860. The maximum atomic E-state index is 12.4. The van der Waals surface area contributed by atoms with Gasteiger partial charge in [-0.2, -0.15) is 0 Å². The third-order valence-electron chi connectivity index (χ3n) is 4.10. The molecule has 2 saturated heterocycles. The van der Waals surface area contributed by atoms with Gasteiger partial charge in [0.15, 0.2) is 0 Å². The topological polar surface area (TPSA) is 45.2 Å². The van der Waals surface area contributed by atoms with E-state index in [1.54, 1.807) is 0 Å². The van der Waals surface area contributed by atoms with Crippen LogP contribution in [0.1, 0.15) is 22.6 Å². The van der Waals surface area contributed by atoms with E-state index in [-0.39, 0.29) is 30.7 Å². The molecule has 4 nitrogen and oxygen atoms in total. The number of hydrogen-bond donors (Lipinski definition) is 1. The summed E-state index contributed by atoms with van der Waals surface area (Å²) in [5.74, 6) is 1.48. The highest BCUT2D eigenvalue weighted by molar-refractivity contribution is 5.92. The Hall–Kier alpha value is -0.840. The van der Waals surface area contributed by atoms with E-state index < -0.39 is 0 Å². The van der Waals surface area contributed by atoms with Crippen LogP contribution in [-0.2, 0) is 0 Å². The van der Waals surface area contributed by atoms with Gasteiger partial charge in [-0.25, -0.2) is 4.98 Å². The fourth-order valence-electron chi connectivity index (χ4n) is 3.04. The first-order valence-corrected chi connectivity index (χ1v) is 6.67. The van der Waals surface area contributed by atoms with Gasteiger partial charge in [-0.1, -0.05) is 6.07 Å². The standard InChI is InChI=1S/C14H19N3O.2ClH/c1-10-3-2-4-13(16-10)14(18)17-6-5-11-7-15-8-12(11)9-17;;/h2-4,11-12,15H,5-9H2,1H3;2*1H. The van der Waals surface area contributed by atoms with Crippen molar-refractivity contribution in [3.63, 3.8) is 0 Å². The zero-order valence-electron chi connectivity index (χ0n) is 11.5. The number of halogens is 2. The number of carbonyl (C=O) groups is 1. The van der Waals surface area contributed by atoms with Gasteiger partial charge >= 0.3 is 0 Å². The lowest BCUT2D eigenvalue weighted by Crippen LogP contribution is -2.43. The van der Waals surface area contributed by atoms with Crippen LogP contribution in [0.3, 0.4) is 0 Å². The molecule has 1 N–H and O–H groups in total. The fraction of sp³-hybridized carbons (Fsp3) is 0.571. The molecular weight excluding hydrogens is 297 g/mol. The highest BCUT2D eigenvalue weighted by Gasteiger charge is 2.34. The molecule has 2 fully saturated rings.